The number of ether oxygens (including phenoxy) is 2. The van der Waals surface area contributed by atoms with E-state index in [0.29, 0.717) is 28.1 Å². The summed E-state index contributed by atoms with van der Waals surface area (Å²) in [7, 11) is 1.48. The molecule has 188 valence electrons. The van der Waals surface area contributed by atoms with Gasteiger partial charge in [-0.15, -0.1) is 0 Å². The molecule has 4 amide bonds. The zero-order valence-corrected chi connectivity index (χ0v) is 20.3. The van der Waals surface area contributed by atoms with Crippen molar-refractivity contribution in [1.29, 1.82) is 0 Å². The number of nitro groups is 1. The number of nitrogens with one attached hydrogen (secondary N) is 1. The van der Waals surface area contributed by atoms with Crippen molar-refractivity contribution in [1.82, 2.24) is 5.32 Å². The van der Waals surface area contributed by atoms with Gasteiger partial charge in [-0.05, 0) is 54.8 Å². The van der Waals surface area contributed by atoms with Crippen LogP contribution in [0.3, 0.4) is 0 Å². The molecule has 37 heavy (non-hydrogen) atoms. The third kappa shape index (κ3) is 5.32. The van der Waals surface area contributed by atoms with Crippen LogP contribution >= 0.6 is 0 Å². The summed E-state index contributed by atoms with van der Waals surface area (Å²) >= 11 is 0. The predicted molar refractivity (Wildman–Crippen MR) is 135 cm³/mol. The van der Waals surface area contributed by atoms with Crippen LogP contribution in [0.2, 0.25) is 0 Å². The van der Waals surface area contributed by atoms with E-state index in [1.165, 1.54) is 25.3 Å². The van der Waals surface area contributed by atoms with Crippen LogP contribution in [0, 0.1) is 24.0 Å². The Kier molecular flexibility index (Phi) is 7.01. The maximum absolute atomic E-state index is 13.4. The third-order valence-electron chi connectivity index (χ3n) is 5.74. The maximum Gasteiger partial charge on any atom is 0.335 e. The Morgan fingerprint density at radius 1 is 1.03 bits per heavy atom. The molecule has 0 spiro atoms. The number of carbonyl (C=O) groups is 3. The van der Waals surface area contributed by atoms with Crippen LogP contribution in [0.5, 0.6) is 11.5 Å². The van der Waals surface area contributed by atoms with Crippen LogP contribution in [0.25, 0.3) is 6.08 Å². The smallest absolute Gasteiger partial charge is 0.335 e. The minimum atomic E-state index is -0.836. The zero-order valence-electron chi connectivity index (χ0n) is 20.3. The molecule has 1 aliphatic heterocycles. The molecule has 0 radical (unpaired) electrons. The van der Waals surface area contributed by atoms with Gasteiger partial charge in [-0.3, -0.25) is 25.0 Å². The molecule has 4 rings (SSSR count). The highest BCUT2D eigenvalue weighted by atomic mass is 16.6. The molecule has 0 unspecified atom stereocenters. The zero-order chi connectivity index (χ0) is 26.7. The second-order valence-corrected chi connectivity index (χ2v) is 8.37. The van der Waals surface area contributed by atoms with Gasteiger partial charge in [-0.2, -0.15) is 0 Å². The van der Waals surface area contributed by atoms with Crippen LogP contribution in [0.1, 0.15) is 22.3 Å². The minimum absolute atomic E-state index is 0.0156. The molecule has 3 aromatic carbocycles. The van der Waals surface area contributed by atoms with Crippen molar-refractivity contribution in [3.63, 3.8) is 0 Å². The van der Waals surface area contributed by atoms with E-state index in [4.69, 9.17) is 9.47 Å². The topological polar surface area (TPSA) is 128 Å². The number of amides is 4. The van der Waals surface area contributed by atoms with Crippen LogP contribution in [0.4, 0.5) is 16.2 Å². The number of benzene rings is 3. The van der Waals surface area contributed by atoms with Crippen LogP contribution in [-0.4, -0.2) is 29.9 Å². The summed E-state index contributed by atoms with van der Waals surface area (Å²) in [6, 6.07) is 15.3. The van der Waals surface area contributed by atoms with E-state index in [0.717, 1.165) is 10.5 Å². The Labute approximate surface area is 212 Å². The van der Waals surface area contributed by atoms with Crippen molar-refractivity contribution in [2.75, 3.05) is 12.0 Å². The number of nitro benzene ring substituents is 1. The summed E-state index contributed by atoms with van der Waals surface area (Å²) in [4.78, 5) is 50.2. The first kappa shape index (κ1) is 25.1. The Morgan fingerprint density at radius 3 is 2.54 bits per heavy atom. The lowest BCUT2D eigenvalue weighted by Gasteiger charge is -2.28. The number of hydrogen-bond donors (Lipinski definition) is 1. The van der Waals surface area contributed by atoms with Crippen molar-refractivity contribution in [2.24, 2.45) is 0 Å². The summed E-state index contributed by atoms with van der Waals surface area (Å²) in [5, 5.41) is 13.3. The van der Waals surface area contributed by atoms with E-state index < -0.39 is 22.8 Å². The number of carbonyl (C=O) groups excluding carboxylic acids is 3. The number of imide groups is 2. The van der Waals surface area contributed by atoms with Crippen molar-refractivity contribution < 1.29 is 28.8 Å². The number of anilines is 1. The summed E-state index contributed by atoms with van der Waals surface area (Å²) < 4.78 is 11.2. The van der Waals surface area contributed by atoms with Crippen molar-refractivity contribution in [3.05, 3.63) is 98.6 Å². The van der Waals surface area contributed by atoms with Gasteiger partial charge in [-0.1, -0.05) is 24.3 Å². The van der Waals surface area contributed by atoms with Gasteiger partial charge >= 0.3 is 6.03 Å². The molecule has 1 N–H and O–H groups in total. The number of hydrogen-bond acceptors (Lipinski definition) is 7. The van der Waals surface area contributed by atoms with E-state index >= 15 is 0 Å². The lowest BCUT2D eigenvalue weighted by atomic mass is 10.0. The molecule has 0 aromatic heterocycles. The largest absolute Gasteiger partial charge is 0.497 e. The van der Waals surface area contributed by atoms with Crippen molar-refractivity contribution >= 4 is 35.3 Å². The maximum atomic E-state index is 13.4. The lowest BCUT2D eigenvalue weighted by molar-refractivity contribution is -0.384. The SMILES string of the molecule is COc1ccc(/C=C2\C(=O)NC(=O)N(c3cc(C)ccc3C)C2=O)c(OCc2cccc([N+](=O)[O-])c2)c1. The first-order chi connectivity index (χ1) is 17.7. The van der Waals surface area contributed by atoms with Crippen LogP contribution in [0.15, 0.2) is 66.2 Å². The van der Waals surface area contributed by atoms with Gasteiger partial charge in [0.1, 0.15) is 23.7 Å². The monoisotopic (exact) mass is 501 g/mol. The molecule has 1 aliphatic rings. The fourth-order valence-corrected chi connectivity index (χ4v) is 3.80. The van der Waals surface area contributed by atoms with E-state index in [9.17, 15) is 24.5 Å². The Bertz CT molecular complexity index is 1460. The Morgan fingerprint density at radius 2 is 1.81 bits per heavy atom. The van der Waals surface area contributed by atoms with Crippen molar-refractivity contribution in [3.8, 4) is 11.5 Å². The second-order valence-electron chi connectivity index (χ2n) is 8.37. The molecule has 1 saturated heterocycles. The van der Waals surface area contributed by atoms with Gasteiger partial charge in [0.2, 0.25) is 0 Å². The number of barbiturate groups is 1. The van der Waals surface area contributed by atoms with Crippen LogP contribution < -0.4 is 19.7 Å². The van der Waals surface area contributed by atoms with Gasteiger partial charge in [0.05, 0.1) is 17.7 Å². The third-order valence-corrected chi connectivity index (χ3v) is 5.74. The molecule has 1 fully saturated rings. The normalized spacial score (nSPS) is 14.5. The second kappa shape index (κ2) is 10.3. The molecule has 0 aliphatic carbocycles. The summed E-state index contributed by atoms with van der Waals surface area (Å²) in [5.74, 6) is -0.878. The predicted octanol–water partition coefficient (Wildman–Crippen LogP) is 4.47. The van der Waals surface area contributed by atoms with E-state index in [-0.39, 0.29) is 23.6 Å². The van der Waals surface area contributed by atoms with Gasteiger partial charge in [0.25, 0.3) is 17.5 Å². The highest BCUT2D eigenvalue weighted by molar-refractivity contribution is 6.39. The molecular formula is C27H23N3O7. The number of nitrogens with zero attached hydrogens (tertiary/aromatic N) is 2. The first-order valence-corrected chi connectivity index (χ1v) is 11.2. The summed E-state index contributed by atoms with van der Waals surface area (Å²) in [6.07, 6.45) is 1.34. The number of rotatable bonds is 7. The minimum Gasteiger partial charge on any atom is -0.497 e. The van der Waals surface area contributed by atoms with Crippen molar-refractivity contribution in [2.45, 2.75) is 20.5 Å². The average Bonchev–Trinajstić information content (AvgIpc) is 2.87. The Hall–Kier alpha value is -4.99. The number of aryl methyl sites for hydroxylation is 2. The molecule has 1 heterocycles. The molecule has 3 aromatic rings. The molecule has 0 saturated carbocycles. The van der Waals surface area contributed by atoms with Crippen LogP contribution in [-0.2, 0) is 16.2 Å². The number of methoxy groups -OCH3 is 1. The van der Waals surface area contributed by atoms with Gasteiger partial charge in [0, 0.05) is 23.8 Å². The highest BCUT2D eigenvalue weighted by Crippen LogP contribution is 2.31. The number of urea groups is 1. The quantitative estimate of drug-likeness (QED) is 0.219. The first-order valence-electron chi connectivity index (χ1n) is 11.2. The molecule has 0 atom stereocenters. The average molecular weight is 501 g/mol. The number of non-ortho nitro benzene ring substituents is 1. The van der Waals surface area contributed by atoms with Gasteiger partial charge < -0.3 is 9.47 Å². The fraction of sp³-hybridized carbons (Fsp3) is 0.148. The molecule has 10 nitrogen and oxygen atoms in total. The fourth-order valence-electron chi connectivity index (χ4n) is 3.80. The van der Waals surface area contributed by atoms with E-state index in [2.05, 4.69) is 5.32 Å². The molecular weight excluding hydrogens is 478 g/mol. The van der Waals surface area contributed by atoms with E-state index in [1.807, 2.05) is 13.0 Å². The summed E-state index contributed by atoms with van der Waals surface area (Å²) in [6.45, 7) is 3.58. The summed E-state index contributed by atoms with van der Waals surface area (Å²) in [5.41, 5.74) is 2.50. The van der Waals surface area contributed by atoms with Gasteiger partial charge in [0.15, 0.2) is 0 Å². The van der Waals surface area contributed by atoms with E-state index in [1.54, 1.807) is 49.4 Å². The standard InChI is InChI=1S/C27H23N3O7/c1-16-7-8-17(2)23(11-16)29-26(32)22(25(31)28-27(29)33)13-19-9-10-21(36-3)14-24(19)37-15-18-5-4-6-20(12-18)30(34)35/h4-14H,15H2,1-3H3,(H,28,31,33)/b22-13+. The van der Waals surface area contributed by atoms with Gasteiger partial charge in [-0.25, -0.2) is 9.69 Å². The Balaban J connectivity index is 1.70. The highest BCUT2D eigenvalue weighted by Gasteiger charge is 2.37. The lowest BCUT2D eigenvalue weighted by Crippen LogP contribution is -2.54. The molecule has 10 heteroatoms. The molecule has 0 bridgehead atoms.